The van der Waals surface area contributed by atoms with Crippen LogP contribution >= 0.6 is 0 Å². The number of hydrogen-bond donors (Lipinski definition) is 2. The van der Waals surface area contributed by atoms with Crippen molar-refractivity contribution in [2.45, 2.75) is 52.1 Å². The van der Waals surface area contributed by atoms with E-state index < -0.39 is 0 Å². The topological polar surface area (TPSA) is 32.3 Å². The molecule has 0 aromatic heterocycles. The summed E-state index contributed by atoms with van der Waals surface area (Å²) in [4.78, 5) is 0. The summed E-state index contributed by atoms with van der Waals surface area (Å²) in [7, 11) is 0. The molecule has 1 rings (SSSR count). The number of aliphatic hydroxyl groups is 1. The molecular formula is C10H21NO. The van der Waals surface area contributed by atoms with E-state index in [2.05, 4.69) is 19.2 Å². The van der Waals surface area contributed by atoms with Gasteiger partial charge in [-0.3, -0.25) is 0 Å². The highest BCUT2D eigenvalue weighted by molar-refractivity contribution is 4.91. The Labute approximate surface area is 75.4 Å². The molecule has 0 aliphatic heterocycles. The smallest absolute Gasteiger partial charge is 0.0582 e. The summed E-state index contributed by atoms with van der Waals surface area (Å²) in [6.45, 7) is 6.89. The molecule has 1 saturated carbocycles. The Morgan fingerprint density at radius 3 is 2.67 bits per heavy atom. The first-order valence-electron chi connectivity index (χ1n) is 4.93. The van der Waals surface area contributed by atoms with E-state index >= 15 is 0 Å². The van der Waals surface area contributed by atoms with Gasteiger partial charge >= 0.3 is 0 Å². The van der Waals surface area contributed by atoms with Gasteiger partial charge < -0.3 is 10.4 Å². The fraction of sp³-hybridized carbons (Fsp3) is 1.00. The van der Waals surface area contributed by atoms with Gasteiger partial charge in [0.1, 0.15) is 0 Å². The van der Waals surface area contributed by atoms with E-state index in [0.29, 0.717) is 11.5 Å². The first kappa shape index (κ1) is 10.0. The molecule has 72 valence electrons. The molecule has 2 atom stereocenters. The molecule has 2 N–H and O–H groups in total. The predicted octanol–water partition coefficient (Wildman–Crippen LogP) is 1.54. The van der Waals surface area contributed by atoms with Crippen molar-refractivity contribution in [1.82, 2.24) is 5.32 Å². The lowest BCUT2D eigenvalue weighted by molar-refractivity contribution is 0.205. The summed E-state index contributed by atoms with van der Waals surface area (Å²) in [5.74, 6) is 0. The summed E-state index contributed by atoms with van der Waals surface area (Å²) >= 11 is 0. The monoisotopic (exact) mass is 171 g/mol. The van der Waals surface area contributed by atoms with Crippen LogP contribution < -0.4 is 5.32 Å². The lowest BCUT2D eigenvalue weighted by Gasteiger charge is -2.30. The maximum atomic E-state index is 8.90. The Bertz CT molecular complexity index is 145. The number of hydrogen-bond acceptors (Lipinski definition) is 2. The van der Waals surface area contributed by atoms with Crippen LogP contribution in [0.3, 0.4) is 0 Å². The Morgan fingerprint density at radius 1 is 1.58 bits per heavy atom. The van der Waals surface area contributed by atoms with E-state index in [4.69, 9.17) is 5.11 Å². The van der Waals surface area contributed by atoms with Crippen molar-refractivity contribution >= 4 is 0 Å². The first-order chi connectivity index (χ1) is 5.56. The lowest BCUT2D eigenvalue weighted by atomic mass is 9.87. The zero-order chi connectivity index (χ0) is 9.19. The average Bonchev–Trinajstić information content (AvgIpc) is 2.31. The van der Waals surface area contributed by atoms with Gasteiger partial charge in [-0.25, -0.2) is 0 Å². The summed E-state index contributed by atoms with van der Waals surface area (Å²) < 4.78 is 0. The molecule has 1 aliphatic carbocycles. The SMILES string of the molecule is CC(CO)NC1CCCC1(C)C. The second-order valence-corrected chi connectivity index (χ2v) is 4.68. The van der Waals surface area contributed by atoms with Crippen LogP contribution in [0.4, 0.5) is 0 Å². The van der Waals surface area contributed by atoms with Crippen LogP contribution in [0.15, 0.2) is 0 Å². The Balaban J connectivity index is 2.41. The van der Waals surface area contributed by atoms with Crippen molar-refractivity contribution in [2.75, 3.05) is 6.61 Å². The van der Waals surface area contributed by atoms with E-state index in [1.165, 1.54) is 19.3 Å². The minimum atomic E-state index is 0.243. The number of aliphatic hydroxyl groups excluding tert-OH is 1. The molecule has 0 radical (unpaired) electrons. The van der Waals surface area contributed by atoms with Gasteiger partial charge in [0.05, 0.1) is 6.61 Å². The number of rotatable bonds is 3. The van der Waals surface area contributed by atoms with Crippen LogP contribution in [-0.2, 0) is 0 Å². The van der Waals surface area contributed by atoms with E-state index in [0.717, 1.165) is 0 Å². The molecule has 0 bridgehead atoms. The van der Waals surface area contributed by atoms with Gasteiger partial charge in [0.2, 0.25) is 0 Å². The van der Waals surface area contributed by atoms with Crippen molar-refractivity contribution < 1.29 is 5.11 Å². The third-order valence-corrected chi connectivity index (χ3v) is 3.02. The van der Waals surface area contributed by atoms with Crippen LogP contribution in [0.25, 0.3) is 0 Å². The Kier molecular flexibility index (Phi) is 3.13. The molecule has 12 heavy (non-hydrogen) atoms. The molecule has 0 heterocycles. The second kappa shape index (κ2) is 3.75. The van der Waals surface area contributed by atoms with Gasteiger partial charge in [0.25, 0.3) is 0 Å². The average molecular weight is 171 g/mol. The normalized spacial score (nSPS) is 30.5. The predicted molar refractivity (Wildman–Crippen MR) is 51.1 cm³/mol. The van der Waals surface area contributed by atoms with Gasteiger partial charge in [0.15, 0.2) is 0 Å². The molecule has 0 aromatic carbocycles. The fourth-order valence-corrected chi connectivity index (χ4v) is 2.03. The van der Waals surface area contributed by atoms with Crippen LogP contribution in [-0.4, -0.2) is 23.8 Å². The van der Waals surface area contributed by atoms with E-state index in [9.17, 15) is 0 Å². The van der Waals surface area contributed by atoms with E-state index in [1.54, 1.807) is 0 Å². The summed E-state index contributed by atoms with van der Waals surface area (Å²) in [5, 5.41) is 12.4. The lowest BCUT2D eigenvalue weighted by Crippen LogP contribution is -2.44. The Hall–Kier alpha value is -0.0800. The molecule has 1 aliphatic rings. The third kappa shape index (κ3) is 2.20. The van der Waals surface area contributed by atoms with Crippen molar-refractivity contribution in [2.24, 2.45) is 5.41 Å². The molecule has 0 amide bonds. The summed E-state index contributed by atoms with van der Waals surface area (Å²) in [5.41, 5.74) is 0.420. The van der Waals surface area contributed by atoms with Gasteiger partial charge in [-0.05, 0) is 25.2 Å². The minimum absolute atomic E-state index is 0.243. The zero-order valence-corrected chi connectivity index (χ0v) is 8.43. The maximum Gasteiger partial charge on any atom is 0.0582 e. The summed E-state index contributed by atoms with van der Waals surface area (Å²) in [6.07, 6.45) is 3.89. The molecule has 0 spiro atoms. The van der Waals surface area contributed by atoms with E-state index in [-0.39, 0.29) is 12.6 Å². The zero-order valence-electron chi connectivity index (χ0n) is 8.43. The highest BCUT2D eigenvalue weighted by Gasteiger charge is 2.34. The molecule has 2 unspecified atom stereocenters. The quantitative estimate of drug-likeness (QED) is 0.675. The largest absolute Gasteiger partial charge is 0.395 e. The molecule has 2 heteroatoms. The highest BCUT2D eigenvalue weighted by Crippen LogP contribution is 2.37. The molecular weight excluding hydrogens is 150 g/mol. The van der Waals surface area contributed by atoms with Gasteiger partial charge in [-0.1, -0.05) is 20.3 Å². The Morgan fingerprint density at radius 2 is 2.25 bits per heavy atom. The van der Waals surface area contributed by atoms with E-state index in [1.807, 2.05) is 6.92 Å². The first-order valence-corrected chi connectivity index (χ1v) is 4.93. The van der Waals surface area contributed by atoms with Gasteiger partial charge in [-0.15, -0.1) is 0 Å². The van der Waals surface area contributed by atoms with Crippen LogP contribution in [0.2, 0.25) is 0 Å². The van der Waals surface area contributed by atoms with Crippen LogP contribution in [0, 0.1) is 5.41 Å². The van der Waals surface area contributed by atoms with Gasteiger partial charge in [-0.2, -0.15) is 0 Å². The standard InChI is InChI=1S/C10H21NO/c1-8(7-12)11-9-5-4-6-10(9,2)3/h8-9,11-12H,4-7H2,1-3H3. The van der Waals surface area contributed by atoms with Gasteiger partial charge in [0, 0.05) is 12.1 Å². The molecule has 1 fully saturated rings. The van der Waals surface area contributed by atoms with Crippen molar-refractivity contribution in [3.05, 3.63) is 0 Å². The number of nitrogens with one attached hydrogen (secondary N) is 1. The molecule has 2 nitrogen and oxygen atoms in total. The summed E-state index contributed by atoms with van der Waals surface area (Å²) in [6, 6.07) is 0.840. The fourth-order valence-electron chi connectivity index (χ4n) is 2.03. The van der Waals surface area contributed by atoms with Crippen LogP contribution in [0.1, 0.15) is 40.0 Å². The van der Waals surface area contributed by atoms with Crippen molar-refractivity contribution in [3.63, 3.8) is 0 Å². The highest BCUT2D eigenvalue weighted by atomic mass is 16.3. The maximum absolute atomic E-state index is 8.90. The second-order valence-electron chi connectivity index (χ2n) is 4.68. The minimum Gasteiger partial charge on any atom is -0.395 e. The van der Waals surface area contributed by atoms with Crippen molar-refractivity contribution in [1.29, 1.82) is 0 Å². The van der Waals surface area contributed by atoms with Crippen molar-refractivity contribution in [3.8, 4) is 0 Å². The van der Waals surface area contributed by atoms with Crippen LogP contribution in [0.5, 0.6) is 0 Å². The third-order valence-electron chi connectivity index (χ3n) is 3.02. The molecule has 0 saturated heterocycles. The molecule has 0 aromatic rings.